The van der Waals surface area contributed by atoms with Crippen LogP contribution in [0.25, 0.3) is 0 Å². The molecule has 0 radical (unpaired) electrons. The molecule has 0 aliphatic carbocycles. The van der Waals surface area contributed by atoms with Crippen molar-refractivity contribution < 1.29 is 9.84 Å². The summed E-state index contributed by atoms with van der Waals surface area (Å²) in [7, 11) is 1.70. The number of anilines is 1. The Morgan fingerprint density at radius 3 is 3.10 bits per heavy atom. The van der Waals surface area contributed by atoms with Crippen LogP contribution in [0.3, 0.4) is 0 Å². The number of aromatic nitrogens is 1. The van der Waals surface area contributed by atoms with E-state index in [1.165, 1.54) is 5.56 Å². The number of methoxy groups -OCH3 is 1. The zero-order valence-corrected chi connectivity index (χ0v) is 12.2. The van der Waals surface area contributed by atoms with Gasteiger partial charge in [-0.3, -0.25) is 0 Å². The molecular weight excluding hydrogens is 254 g/mol. The van der Waals surface area contributed by atoms with Crippen molar-refractivity contribution in [3.05, 3.63) is 23.9 Å². The Labute approximate surface area is 121 Å². The fourth-order valence-electron chi connectivity index (χ4n) is 2.54. The first-order chi connectivity index (χ1) is 9.83. The van der Waals surface area contributed by atoms with Crippen LogP contribution >= 0.6 is 0 Å². The fraction of sp³-hybridized carbons (Fsp3) is 0.667. The molecule has 1 atom stereocenters. The summed E-state index contributed by atoms with van der Waals surface area (Å²) in [6, 6.07) is 4.19. The highest BCUT2D eigenvalue weighted by molar-refractivity contribution is 5.39. The number of hydrogen-bond acceptors (Lipinski definition) is 5. The van der Waals surface area contributed by atoms with Crippen molar-refractivity contribution in [3.63, 3.8) is 0 Å². The summed E-state index contributed by atoms with van der Waals surface area (Å²) in [5.74, 6) is 1.41. The van der Waals surface area contributed by atoms with E-state index in [2.05, 4.69) is 27.3 Å². The predicted octanol–water partition coefficient (Wildman–Crippen LogP) is 1.03. The van der Waals surface area contributed by atoms with Crippen LogP contribution in [0, 0.1) is 5.92 Å². The molecule has 1 aliphatic rings. The lowest BCUT2D eigenvalue weighted by Gasteiger charge is -2.32. The highest BCUT2D eigenvalue weighted by atomic mass is 16.5. The highest BCUT2D eigenvalue weighted by Gasteiger charge is 2.19. The number of nitrogens with one attached hydrogen (secondary N) is 1. The minimum atomic E-state index is 0.276. The Morgan fingerprint density at radius 2 is 2.40 bits per heavy atom. The molecule has 112 valence electrons. The van der Waals surface area contributed by atoms with Gasteiger partial charge in [0, 0.05) is 46.1 Å². The Bertz CT molecular complexity index is 383. The standard InChI is InChI=1S/C15H25N3O2/c1-20-8-6-16-9-13-4-5-15(17-10-13)18-7-2-3-14(11-18)12-19/h4-5,10,14,16,19H,2-3,6-9,11-12H2,1H3. The average Bonchev–Trinajstić information content (AvgIpc) is 2.52. The van der Waals surface area contributed by atoms with Gasteiger partial charge < -0.3 is 20.1 Å². The first-order valence-electron chi connectivity index (χ1n) is 7.34. The van der Waals surface area contributed by atoms with Gasteiger partial charge in [-0.05, 0) is 30.4 Å². The average molecular weight is 279 g/mol. The van der Waals surface area contributed by atoms with E-state index >= 15 is 0 Å². The third-order valence-electron chi connectivity index (χ3n) is 3.72. The van der Waals surface area contributed by atoms with E-state index in [-0.39, 0.29) is 6.61 Å². The minimum absolute atomic E-state index is 0.276. The molecule has 1 aromatic heterocycles. The van der Waals surface area contributed by atoms with Crippen LogP contribution in [0.2, 0.25) is 0 Å². The SMILES string of the molecule is COCCNCc1ccc(N2CCCC(CO)C2)nc1. The Morgan fingerprint density at radius 1 is 1.50 bits per heavy atom. The van der Waals surface area contributed by atoms with E-state index in [4.69, 9.17) is 4.74 Å². The molecule has 5 heteroatoms. The molecule has 0 bridgehead atoms. The summed E-state index contributed by atoms with van der Waals surface area (Å²) >= 11 is 0. The van der Waals surface area contributed by atoms with Crippen LogP contribution in [0.15, 0.2) is 18.3 Å². The molecule has 2 N–H and O–H groups in total. The molecule has 1 aliphatic heterocycles. The fourth-order valence-corrected chi connectivity index (χ4v) is 2.54. The number of aliphatic hydroxyl groups is 1. The Balaban J connectivity index is 1.84. The van der Waals surface area contributed by atoms with Gasteiger partial charge in [0.1, 0.15) is 5.82 Å². The summed E-state index contributed by atoms with van der Waals surface area (Å²) in [5, 5.41) is 12.6. The molecule has 0 spiro atoms. The molecule has 1 unspecified atom stereocenters. The first kappa shape index (κ1) is 15.2. The van der Waals surface area contributed by atoms with Crippen molar-refractivity contribution in [2.24, 2.45) is 5.92 Å². The third-order valence-corrected chi connectivity index (χ3v) is 3.72. The van der Waals surface area contributed by atoms with Crippen molar-refractivity contribution >= 4 is 5.82 Å². The van der Waals surface area contributed by atoms with Crippen LogP contribution in [0.5, 0.6) is 0 Å². The van der Waals surface area contributed by atoms with E-state index < -0.39 is 0 Å². The van der Waals surface area contributed by atoms with Gasteiger partial charge in [-0.1, -0.05) is 6.07 Å². The quantitative estimate of drug-likeness (QED) is 0.730. The molecule has 2 heterocycles. The summed E-state index contributed by atoms with van der Waals surface area (Å²) < 4.78 is 4.99. The highest BCUT2D eigenvalue weighted by Crippen LogP contribution is 2.21. The minimum Gasteiger partial charge on any atom is -0.396 e. The predicted molar refractivity (Wildman–Crippen MR) is 79.8 cm³/mol. The molecule has 1 saturated heterocycles. The van der Waals surface area contributed by atoms with Gasteiger partial charge in [-0.25, -0.2) is 4.98 Å². The normalized spacial score (nSPS) is 19.3. The third kappa shape index (κ3) is 4.44. The van der Waals surface area contributed by atoms with Gasteiger partial charge in [0.05, 0.1) is 6.61 Å². The number of pyridine rings is 1. The van der Waals surface area contributed by atoms with Crippen molar-refractivity contribution in [2.45, 2.75) is 19.4 Å². The van der Waals surface area contributed by atoms with E-state index in [1.54, 1.807) is 7.11 Å². The van der Waals surface area contributed by atoms with E-state index in [1.807, 2.05) is 6.20 Å². The van der Waals surface area contributed by atoms with Crippen LogP contribution in [-0.4, -0.2) is 50.0 Å². The van der Waals surface area contributed by atoms with Crippen LogP contribution < -0.4 is 10.2 Å². The molecule has 0 saturated carbocycles. The van der Waals surface area contributed by atoms with Crippen molar-refractivity contribution in [1.29, 1.82) is 0 Å². The maximum atomic E-state index is 9.28. The molecule has 2 rings (SSSR count). The monoisotopic (exact) mass is 279 g/mol. The smallest absolute Gasteiger partial charge is 0.128 e. The maximum Gasteiger partial charge on any atom is 0.128 e. The summed E-state index contributed by atoms with van der Waals surface area (Å²) in [6.07, 6.45) is 4.18. The Kier molecular flexibility index (Phi) is 6.24. The van der Waals surface area contributed by atoms with Crippen molar-refractivity contribution in [3.8, 4) is 0 Å². The number of nitrogens with zero attached hydrogens (tertiary/aromatic N) is 2. The van der Waals surface area contributed by atoms with Gasteiger partial charge in [0.15, 0.2) is 0 Å². The van der Waals surface area contributed by atoms with Gasteiger partial charge in [-0.15, -0.1) is 0 Å². The van der Waals surface area contributed by atoms with Gasteiger partial charge in [-0.2, -0.15) is 0 Å². The summed E-state index contributed by atoms with van der Waals surface area (Å²) in [5.41, 5.74) is 1.18. The number of piperidine rings is 1. The second-order valence-corrected chi connectivity index (χ2v) is 5.33. The lowest BCUT2D eigenvalue weighted by Crippen LogP contribution is -2.37. The Hall–Kier alpha value is -1.17. The van der Waals surface area contributed by atoms with Crippen LogP contribution in [-0.2, 0) is 11.3 Å². The molecule has 0 amide bonds. The van der Waals surface area contributed by atoms with Crippen molar-refractivity contribution in [1.82, 2.24) is 10.3 Å². The topological polar surface area (TPSA) is 57.6 Å². The first-order valence-corrected chi connectivity index (χ1v) is 7.34. The molecule has 1 aromatic rings. The lowest BCUT2D eigenvalue weighted by atomic mass is 9.99. The van der Waals surface area contributed by atoms with E-state index in [0.29, 0.717) is 5.92 Å². The largest absolute Gasteiger partial charge is 0.396 e. The number of aliphatic hydroxyl groups excluding tert-OH is 1. The number of ether oxygens (including phenoxy) is 1. The second kappa shape index (κ2) is 8.19. The second-order valence-electron chi connectivity index (χ2n) is 5.33. The van der Waals surface area contributed by atoms with E-state index in [9.17, 15) is 5.11 Å². The molecular formula is C15H25N3O2. The van der Waals surface area contributed by atoms with E-state index in [0.717, 1.165) is 51.4 Å². The summed E-state index contributed by atoms with van der Waals surface area (Å²) in [6.45, 7) is 4.61. The van der Waals surface area contributed by atoms with Crippen molar-refractivity contribution in [2.75, 3.05) is 44.9 Å². The maximum absolute atomic E-state index is 9.28. The lowest BCUT2D eigenvalue weighted by molar-refractivity contribution is 0.199. The number of hydrogen-bond donors (Lipinski definition) is 2. The van der Waals surface area contributed by atoms with Crippen LogP contribution in [0.1, 0.15) is 18.4 Å². The zero-order valence-electron chi connectivity index (χ0n) is 12.2. The summed E-state index contributed by atoms with van der Waals surface area (Å²) in [4.78, 5) is 6.81. The van der Waals surface area contributed by atoms with Gasteiger partial charge in [0.25, 0.3) is 0 Å². The molecule has 5 nitrogen and oxygen atoms in total. The zero-order chi connectivity index (χ0) is 14.2. The van der Waals surface area contributed by atoms with Gasteiger partial charge in [0.2, 0.25) is 0 Å². The van der Waals surface area contributed by atoms with Gasteiger partial charge >= 0.3 is 0 Å². The molecule has 1 fully saturated rings. The molecule has 0 aromatic carbocycles. The van der Waals surface area contributed by atoms with Crippen LogP contribution in [0.4, 0.5) is 5.82 Å². The number of rotatable bonds is 7. The molecule has 20 heavy (non-hydrogen) atoms.